The third-order valence-electron chi connectivity index (χ3n) is 7.05. The molecule has 0 bridgehead atoms. The zero-order chi connectivity index (χ0) is 28.7. The number of ether oxygens (including phenoxy) is 1. The van der Waals surface area contributed by atoms with E-state index in [4.69, 9.17) is 14.8 Å². The van der Waals surface area contributed by atoms with Gasteiger partial charge in [-0.15, -0.1) is 0 Å². The van der Waals surface area contributed by atoms with Crippen molar-refractivity contribution in [2.75, 3.05) is 36.5 Å². The standard InChI is InChI=1S/C29H40N6O4Si/c1-21-17-23(9-12-30-21)25-19-35(20-39-15-16-40(2,3)4)27(32-25)28(36)33-24-7-5-6-8-26(24)34-13-10-22(11-14-34)18-31-29(37)38/h5-9,12,17,19,22,31H,10-11,13-16,18,20H2,1-4H3,(H,33,36)(H,37,38). The molecule has 1 aromatic carbocycles. The second kappa shape index (κ2) is 13.1. The van der Waals surface area contributed by atoms with Crippen molar-refractivity contribution < 1.29 is 19.4 Å². The number of aryl methyl sites for hydroxylation is 1. The van der Waals surface area contributed by atoms with E-state index in [0.29, 0.717) is 30.5 Å². The zero-order valence-corrected chi connectivity index (χ0v) is 24.8. The average molecular weight is 565 g/mol. The molecule has 2 amide bonds. The van der Waals surface area contributed by atoms with E-state index in [1.165, 1.54) is 0 Å². The minimum Gasteiger partial charge on any atom is -0.465 e. The van der Waals surface area contributed by atoms with Crippen molar-refractivity contribution in [3.05, 3.63) is 60.3 Å². The zero-order valence-electron chi connectivity index (χ0n) is 23.8. The second-order valence-corrected chi connectivity index (χ2v) is 17.2. The van der Waals surface area contributed by atoms with Crippen molar-refractivity contribution in [2.24, 2.45) is 5.92 Å². The predicted octanol–water partition coefficient (Wildman–Crippen LogP) is 5.30. The Morgan fingerprint density at radius 2 is 1.90 bits per heavy atom. The number of nitrogens with one attached hydrogen (secondary N) is 2. The Morgan fingerprint density at radius 3 is 2.60 bits per heavy atom. The number of hydrogen-bond acceptors (Lipinski definition) is 6. The number of piperidine rings is 1. The maximum absolute atomic E-state index is 13.6. The Morgan fingerprint density at radius 1 is 1.15 bits per heavy atom. The molecule has 10 nitrogen and oxygen atoms in total. The Hall–Kier alpha value is -3.70. The fourth-order valence-electron chi connectivity index (χ4n) is 4.72. The third-order valence-corrected chi connectivity index (χ3v) is 8.75. The maximum atomic E-state index is 13.6. The normalized spacial score (nSPS) is 14.2. The van der Waals surface area contributed by atoms with Crippen molar-refractivity contribution >= 4 is 31.4 Å². The summed E-state index contributed by atoms with van der Waals surface area (Å²) in [4.78, 5) is 35.7. The first-order valence-corrected chi connectivity index (χ1v) is 17.5. The second-order valence-electron chi connectivity index (χ2n) is 11.5. The number of nitrogens with zero attached hydrogens (tertiary/aromatic N) is 4. The van der Waals surface area contributed by atoms with Gasteiger partial charge in [-0.1, -0.05) is 31.8 Å². The highest BCUT2D eigenvalue weighted by Crippen LogP contribution is 2.30. The molecule has 40 heavy (non-hydrogen) atoms. The van der Waals surface area contributed by atoms with Gasteiger partial charge < -0.3 is 29.9 Å². The molecule has 0 aliphatic carbocycles. The van der Waals surface area contributed by atoms with E-state index in [1.54, 1.807) is 10.8 Å². The van der Waals surface area contributed by atoms with E-state index in [-0.39, 0.29) is 18.5 Å². The largest absolute Gasteiger partial charge is 0.465 e. The highest BCUT2D eigenvalue weighted by molar-refractivity contribution is 6.76. The van der Waals surface area contributed by atoms with Gasteiger partial charge in [0.2, 0.25) is 5.82 Å². The van der Waals surface area contributed by atoms with Crippen LogP contribution in [0.25, 0.3) is 11.3 Å². The SMILES string of the molecule is Cc1cc(-c2cn(COCC[Si](C)(C)C)c(C(=O)Nc3ccccc3N3CCC(CNC(=O)O)CC3)n2)ccn1. The molecule has 214 valence electrons. The van der Waals surface area contributed by atoms with Gasteiger partial charge in [0.05, 0.1) is 17.1 Å². The summed E-state index contributed by atoms with van der Waals surface area (Å²) in [5, 5.41) is 14.5. The van der Waals surface area contributed by atoms with Crippen LogP contribution in [0.4, 0.5) is 16.2 Å². The van der Waals surface area contributed by atoms with Crippen LogP contribution in [0.3, 0.4) is 0 Å². The van der Waals surface area contributed by atoms with Gasteiger partial charge in [0.1, 0.15) is 6.73 Å². The van der Waals surface area contributed by atoms with Crippen LogP contribution in [-0.2, 0) is 11.5 Å². The van der Waals surface area contributed by atoms with Gasteiger partial charge in [0.15, 0.2) is 0 Å². The number of rotatable bonds is 11. The molecule has 3 N–H and O–H groups in total. The Kier molecular flexibility index (Phi) is 9.59. The number of carboxylic acid groups (broad SMARTS) is 1. The first-order chi connectivity index (χ1) is 19.1. The number of amides is 2. The van der Waals surface area contributed by atoms with Crippen molar-refractivity contribution in [3.8, 4) is 11.3 Å². The smallest absolute Gasteiger partial charge is 0.404 e. The predicted molar refractivity (Wildman–Crippen MR) is 160 cm³/mol. The van der Waals surface area contributed by atoms with Gasteiger partial charge in [0, 0.05) is 58.0 Å². The number of hydrogen-bond donors (Lipinski definition) is 3. The fraction of sp³-hybridized carbons (Fsp3) is 0.448. The van der Waals surface area contributed by atoms with Crippen LogP contribution in [0.5, 0.6) is 0 Å². The highest BCUT2D eigenvalue weighted by Gasteiger charge is 2.24. The van der Waals surface area contributed by atoms with Gasteiger partial charge in [-0.3, -0.25) is 9.78 Å². The van der Waals surface area contributed by atoms with E-state index in [2.05, 4.69) is 40.2 Å². The molecule has 3 heterocycles. The number of pyridine rings is 1. The lowest BCUT2D eigenvalue weighted by Gasteiger charge is -2.34. The minimum atomic E-state index is -1.24. The van der Waals surface area contributed by atoms with Crippen LogP contribution >= 0.6 is 0 Å². The van der Waals surface area contributed by atoms with E-state index in [9.17, 15) is 9.59 Å². The molecule has 2 aromatic heterocycles. The molecule has 0 unspecified atom stereocenters. The molecular weight excluding hydrogens is 524 g/mol. The lowest BCUT2D eigenvalue weighted by molar-refractivity contribution is 0.0809. The summed E-state index contributed by atoms with van der Waals surface area (Å²) >= 11 is 0. The maximum Gasteiger partial charge on any atom is 0.404 e. The molecule has 0 saturated carbocycles. The number of carbonyl (C=O) groups is 2. The van der Waals surface area contributed by atoms with Gasteiger partial charge >= 0.3 is 6.09 Å². The molecule has 1 fully saturated rings. The van der Waals surface area contributed by atoms with Crippen LogP contribution in [0.2, 0.25) is 25.7 Å². The number of para-hydroxylation sites is 2. The van der Waals surface area contributed by atoms with E-state index >= 15 is 0 Å². The van der Waals surface area contributed by atoms with Crippen LogP contribution in [-0.4, -0.2) is 66.0 Å². The molecule has 0 radical (unpaired) electrons. The quantitative estimate of drug-likeness (QED) is 0.213. The molecule has 0 atom stereocenters. The summed E-state index contributed by atoms with van der Waals surface area (Å²) < 4.78 is 7.76. The Bertz CT molecular complexity index is 1310. The van der Waals surface area contributed by atoms with Crippen LogP contribution in [0, 0.1) is 12.8 Å². The summed E-state index contributed by atoms with van der Waals surface area (Å²) in [6, 6.07) is 12.6. The van der Waals surface area contributed by atoms with Crippen molar-refractivity contribution in [1.82, 2.24) is 19.9 Å². The first kappa shape index (κ1) is 29.3. The Labute approximate surface area is 236 Å². The summed E-state index contributed by atoms with van der Waals surface area (Å²) in [6.07, 6.45) is 4.36. The third kappa shape index (κ3) is 8.15. The minimum absolute atomic E-state index is 0.240. The van der Waals surface area contributed by atoms with Crippen LogP contribution < -0.4 is 15.5 Å². The van der Waals surface area contributed by atoms with Gasteiger partial charge in [-0.25, -0.2) is 9.78 Å². The molecule has 11 heteroatoms. The van der Waals surface area contributed by atoms with Crippen molar-refractivity contribution in [2.45, 2.75) is 52.2 Å². The highest BCUT2D eigenvalue weighted by atomic mass is 28.3. The van der Waals surface area contributed by atoms with Crippen molar-refractivity contribution in [3.63, 3.8) is 0 Å². The number of benzene rings is 1. The molecular formula is C29H40N6O4Si. The lowest BCUT2D eigenvalue weighted by Crippen LogP contribution is -2.38. The number of carbonyl (C=O) groups excluding carboxylic acids is 1. The summed E-state index contributed by atoms with van der Waals surface area (Å²) in [5.74, 6) is 0.280. The van der Waals surface area contributed by atoms with Crippen LogP contribution in [0.15, 0.2) is 48.8 Å². The first-order valence-electron chi connectivity index (χ1n) is 13.8. The lowest BCUT2D eigenvalue weighted by atomic mass is 9.96. The summed E-state index contributed by atoms with van der Waals surface area (Å²) in [5.41, 5.74) is 4.11. The van der Waals surface area contributed by atoms with E-state index < -0.39 is 14.2 Å². The van der Waals surface area contributed by atoms with Crippen LogP contribution in [0.1, 0.15) is 29.2 Å². The van der Waals surface area contributed by atoms with E-state index in [1.807, 2.05) is 49.5 Å². The number of aromatic nitrogens is 3. The molecule has 4 rings (SSSR count). The molecule has 1 aliphatic rings. The topological polar surface area (TPSA) is 122 Å². The molecule has 1 aliphatic heterocycles. The van der Waals surface area contributed by atoms with Gasteiger partial charge in [0.25, 0.3) is 5.91 Å². The Balaban J connectivity index is 1.51. The summed E-state index contributed by atoms with van der Waals surface area (Å²) in [7, 11) is -1.24. The molecule has 0 spiro atoms. The fourth-order valence-corrected chi connectivity index (χ4v) is 5.48. The van der Waals surface area contributed by atoms with E-state index in [0.717, 1.165) is 48.9 Å². The van der Waals surface area contributed by atoms with Gasteiger partial charge in [-0.05, 0) is 56.0 Å². The molecule has 1 saturated heterocycles. The monoisotopic (exact) mass is 564 g/mol. The summed E-state index contributed by atoms with van der Waals surface area (Å²) in [6.45, 7) is 11.8. The average Bonchev–Trinajstić information content (AvgIpc) is 3.35. The molecule has 3 aromatic rings. The number of imidazole rings is 1. The van der Waals surface area contributed by atoms with Gasteiger partial charge in [-0.2, -0.15) is 0 Å². The van der Waals surface area contributed by atoms with Crippen molar-refractivity contribution in [1.29, 1.82) is 0 Å². The number of anilines is 2.